The number of guanidine groups is 1. The summed E-state index contributed by atoms with van der Waals surface area (Å²) in [6.45, 7) is 5.86. The molecule has 2 N–H and O–H groups in total. The molecule has 1 aromatic carbocycles. The van der Waals surface area contributed by atoms with Crippen molar-refractivity contribution in [1.82, 2.24) is 15.5 Å². The number of rotatable bonds is 6. The van der Waals surface area contributed by atoms with Crippen molar-refractivity contribution in [3.63, 3.8) is 0 Å². The van der Waals surface area contributed by atoms with Gasteiger partial charge in [-0.1, -0.05) is 13.0 Å². The molecule has 136 valence electrons. The van der Waals surface area contributed by atoms with E-state index in [1.165, 1.54) is 32.6 Å². The van der Waals surface area contributed by atoms with Crippen molar-refractivity contribution < 1.29 is 9.13 Å². The summed E-state index contributed by atoms with van der Waals surface area (Å²) >= 11 is 0. The molecule has 1 unspecified atom stereocenters. The monoisotopic (exact) mass is 450 g/mol. The quantitative estimate of drug-likeness (QED) is 0.398. The molecule has 24 heavy (non-hydrogen) atoms. The first-order valence-electron chi connectivity index (χ1n) is 8.19. The van der Waals surface area contributed by atoms with Gasteiger partial charge in [0.25, 0.3) is 0 Å². The van der Waals surface area contributed by atoms with E-state index in [-0.39, 0.29) is 35.5 Å². The van der Waals surface area contributed by atoms with Gasteiger partial charge in [0.05, 0.1) is 7.11 Å². The van der Waals surface area contributed by atoms with E-state index in [4.69, 9.17) is 4.74 Å². The predicted molar refractivity (Wildman–Crippen MR) is 107 cm³/mol. The molecule has 0 spiro atoms. The van der Waals surface area contributed by atoms with Gasteiger partial charge in [0, 0.05) is 26.2 Å². The number of halogens is 2. The highest BCUT2D eigenvalue weighted by Crippen LogP contribution is 2.17. The lowest BCUT2D eigenvalue weighted by Crippen LogP contribution is -2.44. The fraction of sp³-hybridized carbons (Fsp3) is 0.588. The van der Waals surface area contributed by atoms with Gasteiger partial charge < -0.3 is 15.4 Å². The molecule has 7 heteroatoms. The van der Waals surface area contributed by atoms with Crippen molar-refractivity contribution in [2.24, 2.45) is 4.99 Å². The minimum atomic E-state index is -0.348. The molecule has 0 radical (unpaired) electrons. The van der Waals surface area contributed by atoms with Crippen LogP contribution in [-0.2, 0) is 6.54 Å². The van der Waals surface area contributed by atoms with Gasteiger partial charge in [-0.05, 0) is 43.6 Å². The zero-order valence-electron chi connectivity index (χ0n) is 14.6. The topological polar surface area (TPSA) is 48.9 Å². The highest BCUT2D eigenvalue weighted by atomic mass is 127. The molecule has 1 aromatic rings. The fourth-order valence-electron chi connectivity index (χ4n) is 2.98. The van der Waals surface area contributed by atoms with Crippen LogP contribution in [0.5, 0.6) is 5.75 Å². The van der Waals surface area contributed by atoms with E-state index < -0.39 is 0 Å². The first kappa shape index (κ1) is 21.0. The number of likely N-dealkylation sites (tertiary alicyclic amines) is 1. The summed E-state index contributed by atoms with van der Waals surface area (Å²) in [7, 11) is 3.21. The molecular weight excluding hydrogens is 422 g/mol. The molecule has 1 heterocycles. The Hall–Kier alpha value is -1.09. The van der Waals surface area contributed by atoms with Gasteiger partial charge in [-0.3, -0.25) is 9.89 Å². The third-order valence-corrected chi connectivity index (χ3v) is 4.31. The normalized spacial score (nSPS) is 18.2. The van der Waals surface area contributed by atoms with Gasteiger partial charge in [-0.25, -0.2) is 4.39 Å². The highest BCUT2D eigenvalue weighted by molar-refractivity contribution is 14.0. The second kappa shape index (κ2) is 10.7. The number of ether oxygens (including phenoxy) is 1. The lowest BCUT2D eigenvalue weighted by molar-refractivity contribution is 0.267. The van der Waals surface area contributed by atoms with E-state index in [1.54, 1.807) is 13.1 Å². The second-order valence-electron chi connectivity index (χ2n) is 5.70. The zero-order chi connectivity index (χ0) is 16.7. The number of aliphatic imine (C=N–C) groups is 1. The molecule has 0 amide bonds. The molecule has 0 saturated carbocycles. The summed E-state index contributed by atoms with van der Waals surface area (Å²) in [5, 5.41) is 6.58. The number of methoxy groups -OCH3 is 1. The molecule has 0 aromatic heterocycles. The molecular formula is C17H28FIN4O. The van der Waals surface area contributed by atoms with Gasteiger partial charge in [0.2, 0.25) is 0 Å². The van der Waals surface area contributed by atoms with Crippen LogP contribution in [0.1, 0.15) is 25.3 Å². The lowest BCUT2D eigenvalue weighted by atomic mass is 10.2. The third-order valence-electron chi connectivity index (χ3n) is 4.31. The Morgan fingerprint density at radius 1 is 1.42 bits per heavy atom. The number of benzene rings is 1. The number of hydrogen-bond donors (Lipinski definition) is 2. The van der Waals surface area contributed by atoms with Crippen LogP contribution in [0.4, 0.5) is 4.39 Å². The van der Waals surface area contributed by atoms with Crippen molar-refractivity contribution in [3.05, 3.63) is 29.6 Å². The van der Waals surface area contributed by atoms with Crippen molar-refractivity contribution in [2.75, 3.05) is 33.8 Å². The van der Waals surface area contributed by atoms with E-state index in [1.807, 2.05) is 6.07 Å². The molecule has 5 nitrogen and oxygen atoms in total. The van der Waals surface area contributed by atoms with Gasteiger partial charge in [0.15, 0.2) is 17.5 Å². The van der Waals surface area contributed by atoms with Crippen molar-refractivity contribution in [2.45, 2.75) is 32.4 Å². The number of nitrogens with zero attached hydrogens (tertiary/aromatic N) is 2. The zero-order valence-corrected chi connectivity index (χ0v) is 17.0. The Balaban J connectivity index is 0.00000288. The summed E-state index contributed by atoms with van der Waals surface area (Å²) in [6.07, 6.45) is 2.48. The summed E-state index contributed by atoms with van der Waals surface area (Å²) in [6, 6.07) is 5.53. The van der Waals surface area contributed by atoms with E-state index in [9.17, 15) is 4.39 Å². The maximum absolute atomic E-state index is 13.7. The van der Waals surface area contributed by atoms with E-state index >= 15 is 0 Å². The number of nitrogens with one attached hydrogen (secondary N) is 2. The van der Waals surface area contributed by atoms with Crippen molar-refractivity contribution >= 4 is 29.9 Å². The van der Waals surface area contributed by atoms with Crippen molar-refractivity contribution in [1.29, 1.82) is 0 Å². The summed E-state index contributed by atoms with van der Waals surface area (Å²) < 4.78 is 18.6. The van der Waals surface area contributed by atoms with Crippen LogP contribution < -0.4 is 15.4 Å². The van der Waals surface area contributed by atoms with Crippen LogP contribution in [0.2, 0.25) is 0 Å². The third kappa shape index (κ3) is 5.77. The Morgan fingerprint density at radius 3 is 2.83 bits per heavy atom. The van der Waals surface area contributed by atoms with Crippen LogP contribution in [0.3, 0.4) is 0 Å². The molecule has 2 rings (SSSR count). The molecule has 1 fully saturated rings. The first-order valence-corrected chi connectivity index (χ1v) is 8.19. The molecule has 0 bridgehead atoms. The minimum Gasteiger partial charge on any atom is -0.494 e. The Kier molecular flexibility index (Phi) is 9.35. The van der Waals surface area contributed by atoms with Gasteiger partial charge in [0.1, 0.15) is 0 Å². The molecule has 1 atom stereocenters. The smallest absolute Gasteiger partial charge is 0.191 e. The van der Waals surface area contributed by atoms with E-state index in [0.717, 1.165) is 24.6 Å². The standard InChI is InChI=1S/C17H27FN4O.HI/c1-4-22-9-5-6-14(22)12-21-17(19-2)20-11-13-7-8-16(23-3)15(18)10-13;/h7-8,10,14H,4-6,9,11-12H2,1-3H3,(H2,19,20,21);1H. The number of likely N-dealkylation sites (N-methyl/N-ethyl adjacent to an activating group) is 1. The van der Waals surface area contributed by atoms with Crippen molar-refractivity contribution in [3.8, 4) is 5.75 Å². The summed E-state index contributed by atoms with van der Waals surface area (Å²) in [5.74, 6) is 0.653. The maximum Gasteiger partial charge on any atom is 0.191 e. The SMILES string of the molecule is CCN1CCCC1CNC(=NC)NCc1ccc(OC)c(F)c1.I. The Morgan fingerprint density at radius 2 is 2.21 bits per heavy atom. The van der Waals surface area contributed by atoms with Crippen LogP contribution >= 0.6 is 24.0 Å². The van der Waals surface area contributed by atoms with Crippen LogP contribution in [0.25, 0.3) is 0 Å². The largest absolute Gasteiger partial charge is 0.494 e. The van der Waals surface area contributed by atoms with E-state index in [0.29, 0.717) is 12.6 Å². The van der Waals surface area contributed by atoms with E-state index in [2.05, 4.69) is 27.4 Å². The number of hydrogen-bond acceptors (Lipinski definition) is 3. The highest BCUT2D eigenvalue weighted by Gasteiger charge is 2.22. The molecule has 0 aliphatic carbocycles. The second-order valence-corrected chi connectivity index (χ2v) is 5.70. The van der Waals surface area contributed by atoms with Crippen LogP contribution in [-0.4, -0.2) is 50.7 Å². The van der Waals surface area contributed by atoms with Crippen LogP contribution in [0, 0.1) is 5.82 Å². The van der Waals surface area contributed by atoms with Gasteiger partial charge >= 0.3 is 0 Å². The average molecular weight is 450 g/mol. The fourth-order valence-corrected chi connectivity index (χ4v) is 2.98. The summed E-state index contributed by atoms with van der Waals surface area (Å²) in [5.41, 5.74) is 0.849. The average Bonchev–Trinajstić information content (AvgIpc) is 3.02. The summed E-state index contributed by atoms with van der Waals surface area (Å²) in [4.78, 5) is 6.71. The molecule has 1 aliphatic rings. The first-order chi connectivity index (χ1) is 11.2. The predicted octanol–water partition coefficient (Wildman–Crippen LogP) is 2.60. The molecule has 1 saturated heterocycles. The Labute approximate surface area is 161 Å². The minimum absolute atomic E-state index is 0. The maximum atomic E-state index is 13.7. The van der Waals surface area contributed by atoms with Crippen LogP contribution in [0.15, 0.2) is 23.2 Å². The Bertz CT molecular complexity index is 541. The lowest BCUT2D eigenvalue weighted by Gasteiger charge is -2.24. The molecule has 1 aliphatic heterocycles. The van der Waals surface area contributed by atoms with Gasteiger partial charge in [-0.2, -0.15) is 0 Å². The van der Waals surface area contributed by atoms with Gasteiger partial charge in [-0.15, -0.1) is 24.0 Å².